The average Bonchev–Trinajstić information content (AvgIpc) is 2.86. The number of amides is 1. The van der Waals surface area contributed by atoms with E-state index < -0.39 is 0 Å². The van der Waals surface area contributed by atoms with Gasteiger partial charge in [0.25, 0.3) is 5.56 Å². The van der Waals surface area contributed by atoms with Gasteiger partial charge in [-0.1, -0.05) is 26.0 Å². The second-order valence-electron chi connectivity index (χ2n) is 5.41. The normalized spacial score (nSPS) is 12.4. The van der Waals surface area contributed by atoms with Crippen LogP contribution in [0, 0.1) is 5.92 Å². The first kappa shape index (κ1) is 15.1. The van der Waals surface area contributed by atoms with Gasteiger partial charge < -0.3 is 11.1 Å². The second kappa shape index (κ2) is 6.41. The highest BCUT2D eigenvalue weighted by atomic mass is 16.1. The Labute approximate surface area is 122 Å². The van der Waals surface area contributed by atoms with Gasteiger partial charge in [0.2, 0.25) is 5.91 Å². The van der Waals surface area contributed by atoms with E-state index in [0.29, 0.717) is 17.8 Å². The molecule has 1 amide bonds. The molecule has 6 nitrogen and oxygen atoms in total. The van der Waals surface area contributed by atoms with Crippen LogP contribution in [0.15, 0.2) is 35.1 Å². The maximum atomic E-state index is 11.8. The Balaban J connectivity index is 1.99. The molecular formula is C15H20N4O2. The summed E-state index contributed by atoms with van der Waals surface area (Å²) in [6.45, 7) is 3.98. The van der Waals surface area contributed by atoms with Gasteiger partial charge in [0.15, 0.2) is 0 Å². The monoisotopic (exact) mass is 288 g/mol. The van der Waals surface area contributed by atoms with Crippen molar-refractivity contribution in [3.63, 3.8) is 0 Å². The molecule has 0 fully saturated rings. The maximum absolute atomic E-state index is 11.8. The number of hydrogen-bond donors (Lipinski definition) is 4. The van der Waals surface area contributed by atoms with Crippen LogP contribution < -0.4 is 16.6 Å². The smallest absolute Gasteiger partial charge is 0.264 e. The molecule has 0 bridgehead atoms. The van der Waals surface area contributed by atoms with Crippen LogP contribution in [0.3, 0.4) is 0 Å². The third-order valence-electron chi connectivity index (χ3n) is 3.35. The fourth-order valence-corrected chi connectivity index (χ4v) is 1.88. The lowest BCUT2D eigenvalue weighted by atomic mass is 10.0. The van der Waals surface area contributed by atoms with Gasteiger partial charge in [0, 0.05) is 24.2 Å². The van der Waals surface area contributed by atoms with Gasteiger partial charge in [-0.15, -0.1) is 0 Å². The predicted octanol–water partition coefficient (Wildman–Crippen LogP) is 1.68. The van der Waals surface area contributed by atoms with Crippen molar-refractivity contribution in [1.82, 2.24) is 10.2 Å². The maximum Gasteiger partial charge on any atom is 0.264 e. The fraction of sp³-hybridized carbons (Fsp3) is 0.333. The molecule has 0 aliphatic heterocycles. The van der Waals surface area contributed by atoms with Crippen molar-refractivity contribution in [2.75, 3.05) is 5.32 Å². The van der Waals surface area contributed by atoms with Crippen molar-refractivity contribution in [2.45, 2.75) is 26.3 Å². The Hall–Kier alpha value is -2.34. The standard InChI is InChI=1S/C15H20N4O2/c1-9(2)12(16)7-14(20)17-11-5-3-10(4-6-11)13-8-15(21)19-18-13/h3-6,8-9,12H,7,16H2,1-2H3,(H,17,20)(H2,18,19,21). The van der Waals surface area contributed by atoms with Crippen molar-refractivity contribution in [3.05, 3.63) is 40.7 Å². The lowest BCUT2D eigenvalue weighted by Gasteiger charge is -2.15. The summed E-state index contributed by atoms with van der Waals surface area (Å²) in [5.74, 6) is 0.169. The average molecular weight is 288 g/mol. The quantitative estimate of drug-likeness (QED) is 0.673. The number of rotatable bonds is 5. The minimum absolute atomic E-state index is 0.0981. The van der Waals surface area contributed by atoms with Gasteiger partial charge in [0.05, 0.1) is 5.69 Å². The largest absolute Gasteiger partial charge is 0.327 e. The summed E-state index contributed by atoms with van der Waals surface area (Å²) in [7, 11) is 0. The van der Waals surface area contributed by atoms with E-state index in [9.17, 15) is 9.59 Å². The predicted molar refractivity (Wildman–Crippen MR) is 82.9 cm³/mol. The number of nitrogens with two attached hydrogens (primary N) is 1. The number of anilines is 1. The van der Waals surface area contributed by atoms with Gasteiger partial charge in [-0.05, 0) is 23.6 Å². The van der Waals surface area contributed by atoms with Crippen LogP contribution in [0.1, 0.15) is 20.3 Å². The van der Waals surface area contributed by atoms with Crippen molar-refractivity contribution < 1.29 is 4.79 Å². The zero-order chi connectivity index (χ0) is 15.4. The minimum Gasteiger partial charge on any atom is -0.327 e. The Kier molecular flexibility index (Phi) is 4.59. The third-order valence-corrected chi connectivity index (χ3v) is 3.35. The zero-order valence-electron chi connectivity index (χ0n) is 12.1. The van der Waals surface area contributed by atoms with Gasteiger partial charge in [-0.25, -0.2) is 0 Å². The number of carbonyl (C=O) groups excluding carboxylic acids is 1. The van der Waals surface area contributed by atoms with E-state index in [1.807, 2.05) is 26.0 Å². The number of carbonyl (C=O) groups is 1. The fourth-order valence-electron chi connectivity index (χ4n) is 1.88. The summed E-state index contributed by atoms with van der Waals surface area (Å²) in [4.78, 5) is 22.9. The van der Waals surface area contributed by atoms with Gasteiger partial charge in [-0.2, -0.15) is 0 Å². The van der Waals surface area contributed by atoms with Crippen LogP contribution in [-0.4, -0.2) is 22.1 Å². The number of nitrogens with one attached hydrogen (secondary N) is 3. The molecule has 1 unspecified atom stereocenters. The highest BCUT2D eigenvalue weighted by Gasteiger charge is 2.13. The first-order valence-electron chi connectivity index (χ1n) is 6.89. The molecule has 1 aromatic heterocycles. The first-order valence-corrected chi connectivity index (χ1v) is 6.89. The number of H-pyrrole nitrogens is 2. The lowest BCUT2D eigenvalue weighted by Crippen LogP contribution is -2.31. The van der Waals surface area contributed by atoms with Crippen molar-refractivity contribution in [2.24, 2.45) is 11.7 Å². The van der Waals surface area contributed by atoms with E-state index in [4.69, 9.17) is 5.73 Å². The summed E-state index contributed by atoms with van der Waals surface area (Å²) in [5.41, 5.74) is 7.98. The van der Waals surface area contributed by atoms with E-state index in [-0.39, 0.29) is 23.4 Å². The van der Waals surface area contributed by atoms with Crippen LogP contribution in [0.25, 0.3) is 11.3 Å². The third kappa shape index (κ3) is 4.06. The first-order chi connectivity index (χ1) is 9.95. The van der Waals surface area contributed by atoms with Crippen molar-refractivity contribution in [3.8, 4) is 11.3 Å². The van der Waals surface area contributed by atoms with E-state index in [0.717, 1.165) is 5.56 Å². The molecule has 2 rings (SSSR count). The molecule has 1 aromatic carbocycles. The molecule has 0 saturated carbocycles. The van der Waals surface area contributed by atoms with E-state index in [1.54, 1.807) is 12.1 Å². The summed E-state index contributed by atoms with van der Waals surface area (Å²) in [5, 5.41) is 8.07. The highest BCUT2D eigenvalue weighted by molar-refractivity contribution is 5.91. The SMILES string of the molecule is CC(C)C(N)CC(=O)Nc1ccc(-c2cc(=O)[nH][nH]2)cc1. The summed E-state index contributed by atoms with van der Waals surface area (Å²) in [6.07, 6.45) is 0.296. The molecule has 0 radical (unpaired) electrons. The van der Waals surface area contributed by atoms with Crippen LogP contribution >= 0.6 is 0 Å². The molecule has 5 N–H and O–H groups in total. The number of aromatic amines is 2. The number of hydrogen-bond acceptors (Lipinski definition) is 3. The molecule has 1 heterocycles. The van der Waals surface area contributed by atoms with Gasteiger partial charge in [0.1, 0.15) is 0 Å². The minimum atomic E-state index is -0.176. The van der Waals surface area contributed by atoms with E-state index in [1.165, 1.54) is 6.07 Å². The molecule has 1 atom stereocenters. The Bertz CT molecular complexity index is 655. The second-order valence-corrected chi connectivity index (χ2v) is 5.41. The molecule has 0 spiro atoms. The lowest BCUT2D eigenvalue weighted by molar-refractivity contribution is -0.116. The number of benzene rings is 1. The molecule has 0 aliphatic carbocycles. The molecule has 112 valence electrons. The van der Waals surface area contributed by atoms with Crippen molar-refractivity contribution >= 4 is 11.6 Å². The molecule has 2 aromatic rings. The van der Waals surface area contributed by atoms with Crippen LogP contribution in [0.2, 0.25) is 0 Å². The number of aromatic nitrogens is 2. The van der Waals surface area contributed by atoms with Gasteiger partial charge >= 0.3 is 0 Å². The summed E-state index contributed by atoms with van der Waals surface area (Å²) >= 11 is 0. The highest BCUT2D eigenvalue weighted by Crippen LogP contribution is 2.18. The Morgan fingerprint density at radius 2 is 1.90 bits per heavy atom. The molecule has 0 aliphatic rings. The van der Waals surface area contributed by atoms with Gasteiger partial charge in [-0.3, -0.25) is 19.8 Å². The molecule has 6 heteroatoms. The molecular weight excluding hydrogens is 268 g/mol. The molecule has 0 saturated heterocycles. The summed E-state index contributed by atoms with van der Waals surface area (Å²) in [6, 6.07) is 8.58. The van der Waals surface area contributed by atoms with Crippen molar-refractivity contribution in [1.29, 1.82) is 0 Å². The van der Waals surface area contributed by atoms with E-state index in [2.05, 4.69) is 15.5 Å². The van der Waals surface area contributed by atoms with E-state index >= 15 is 0 Å². The van der Waals surface area contributed by atoms with Crippen LogP contribution in [0.4, 0.5) is 5.69 Å². The van der Waals surface area contributed by atoms with Crippen LogP contribution in [-0.2, 0) is 4.79 Å². The van der Waals surface area contributed by atoms with Crippen LogP contribution in [0.5, 0.6) is 0 Å². The summed E-state index contributed by atoms with van der Waals surface area (Å²) < 4.78 is 0. The topological polar surface area (TPSA) is 104 Å². The molecule has 21 heavy (non-hydrogen) atoms. The zero-order valence-corrected chi connectivity index (χ0v) is 12.1. The Morgan fingerprint density at radius 1 is 1.24 bits per heavy atom. The Morgan fingerprint density at radius 3 is 2.43 bits per heavy atom.